The highest BCUT2D eigenvalue weighted by Gasteiger charge is 2.32. The number of hydrogen-bond acceptors (Lipinski definition) is 7. The van der Waals surface area contributed by atoms with Gasteiger partial charge in [-0.25, -0.2) is 29.9 Å². The van der Waals surface area contributed by atoms with Gasteiger partial charge in [-0.3, -0.25) is 0 Å². The molecule has 0 saturated heterocycles. The van der Waals surface area contributed by atoms with Crippen LogP contribution in [0.4, 0.5) is 5.82 Å². The minimum absolute atomic E-state index is 0.298. The average Bonchev–Trinajstić information content (AvgIpc) is 3.47. The molecule has 1 fully saturated rings. The molecular formula is C23H27N9. The molecule has 0 spiro atoms. The second-order valence-electron chi connectivity index (χ2n) is 8.83. The monoisotopic (exact) mass is 429 g/mol. The Balaban J connectivity index is 1.34. The predicted octanol–water partition coefficient (Wildman–Crippen LogP) is 3.42. The van der Waals surface area contributed by atoms with Crippen molar-refractivity contribution in [3.8, 4) is 11.4 Å². The lowest BCUT2D eigenvalue weighted by Gasteiger charge is -2.25. The van der Waals surface area contributed by atoms with E-state index in [1.165, 1.54) is 24.2 Å². The lowest BCUT2D eigenvalue weighted by atomic mass is 9.95. The van der Waals surface area contributed by atoms with Gasteiger partial charge in [0.1, 0.15) is 23.8 Å². The van der Waals surface area contributed by atoms with Gasteiger partial charge in [-0.05, 0) is 46.5 Å². The van der Waals surface area contributed by atoms with Gasteiger partial charge in [0, 0.05) is 43.1 Å². The largest absolute Gasteiger partial charge is 0.365 e. The van der Waals surface area contributed by atoms with Crippen molar-refractivity contribution in [1.29, 1.82) is 0 Å². The van der Waals surface area contributed by atoms with E-state index >= 15 is 0 Å². The van der Waals surface area contributed by atoms with Crippen molar-refractivity contribution in [2.24, 2.45) is 0 Å². The smallest absolute Gasteiger partial charge is 0.165 e. The molecular weight excluding hydrogens is 402 g/mol. The zero-order chi connectivity index (χ0) is 21.8. The fourth-order valence-electron chi connectivity index (χ4n) is 4.91. The Bertz CT molecular complexity index is 1300. The van der Waals surface area contributed by atoms with Gasteiger partial charge in [-0.15, -0.1) is 0 Å². The maximum absolute atomic E-state index is 4.93. The van der Waals surface area contributed by atoms with Crippen LogP contribution in [0.1, 0.15) is 55.3 Å². The summed E-state index contributed by atoms with van der Waals surface area (Å²) >= 11 is 0. The minimum atomic E-state index is 0.298. The molecule has 0 aromatic carbocycles. The van der Waals surface area contributed by atoms with Crippen LogP contribution in [0.15, 0.2) is 18.7 Å². The summed E-state index contributed by atoms with van der Waals surface area (Å²) in [7, 11) is 0. The van der Waals surface area contributed by atoms with Crippen LogP contribution in [-0.2, 0) is 19.4 Å². The van der Waals surface area contributed by atoms with E-state index in [1.54, 1.807) is 6.33 Å². The van der Waals surface area contributed by atoms with Crippen molar-refractivity contribution in [1.82, 2.24) is 39.0 Å². The van der Waals surface area contributed by atoms with Gasteiger partial charge < -0.3 is 14.5 Å². The first-order chi connectivity index (χ1) is 15.6. The zero-order valence-electron chi connectivity index (χ0n) is 18.7. The fourth-order valence-corrected chi connectivity index (χ4v) is 4.91. The van der Waals surface area contributed by atoms with E-state index in [1.807, 2.05) is 19.3 Å². The minimum Gasteiger partial charge on any atom is -0.365 e. The van der Waals surface area contributed by atoms with Crippen molar-refractivity contribution in [3.63, 3.8) is 0 Å². The van der Waals surface area contributed by atoms with E-state index in [9.17, 15) is 0 Å². The third-order valence-electron chi connectivity index (χ3n) is 6.58. The van der Waals surface area contributed by atoms with Crippen LogP contribution in [-0.4, -0.2) is 45.1 Å². The molecule has 0 radical (unpaired) electrons. The van der Waals surface area contributed by atoms with E-state index < -0.39 is 0 Å². The van der Waals surface area contributed by atoms with Crippen LogP contribution < -0.4 is 5.32 Å². The van der Waals surface area contributed by atoms with Crippen LogP contribution in [0, 0.1) is 13.8 Å². The first-order valence-corrected chi connectivity index (χ1v) is 11.5. The molecule has 164 valence electrons. The number of aromatic nitrogens is 8. The Kier molecular flexibility index (Phi) is 4.44. The topological polar surface area (TPSA) is 99.2 Å². The van der Waals surface area contributed by atoms with Crippen LogP contribution in [0.5, 0.6) is 0 Å². The number of anilines is 1. The van der Waals surface area contributed by atoms with Crippen LogP contribution in [0.2, 0.25) is 0 Å². The van der Waals surface area contributed by atoms with Crippen molar-refractivity contribution >= 4 is 17.0 Å². The third-order valence-corrected chi connectivity index (χ3v) is 6.58. The number of hydrogen-bond donors (Lipinski definition) is 1. The molecule has 1 N–H and O–H groups in total. The highest BCUT2D eigenvalue weighted by atomic mass is 15.2. The standard InChI is InChI=1S/C23H27N9/c1-4-31-22(15-10-24-13(2)25-11-15)30-20-21(26-12-27-23(20)31)29-16-5-8-18-19(9-16)32(14(3)28-18)17-6-7-17/h10-12,16-17H,4-9H2,1-3H3,(H,26,27,29). The number of nitrogens with zero attached hydrogens (tertiary/aromatic N) is 8. The van der Waals surface area contributed by atoms with Gasteiger partial charge in [0.25, 0.3) is 0 Å². The Hall–Kier alpha value is -3.36. The Labute approximate surface area is 186 Å². The molecule has 9 nitrogen and oxygen atoms in total. The highest BCUT2D eigenvalue weighted by Crippen LogP contribution is 2.39. The first kappa shape index (κ1) is 19.3. The maximum Gasteiger partial charge on any atom is 0.165 e. The molecule has 0 amide bonds. The van der Waals surface area contributed by atoms with Crippen LogP contribution in [0.3, 0.4) is 0 Å². The molecule has 2 aliphatic rings. The van der Waals surface area contributed by atoms with Crippen LogP contribution in [0.25, 0.3) is 22.6 Å². The predicted molar refractivity (Wildman–Crippen MR) is 121 cm³/mol. The molecule has 0 aliphatic heterocycles. The van der Waals surface area contributed by atoms with Gasteiger partial charge in [0.05, 0.1) is 11.3 Å². The summed E-state index contributed by atoms with van der Waals surface area (Å²) in [5.41, 5.74) is 5.18. The van der Waals surface area contributed by atoms with Gasteiger partial charge in [-0.2, -0.15) is 0 Å². The molecule has 32 heavy (non-hydrogen) atoms. The molecule has 6 rings (SSSR count). The van der Waals surface area contributed by atoms with Crippen molar-refractivity contribution in [3.05, 3.63) is 41.8 Å². The van der Waals surface area contributed by atoms with Gasteiger partial charge >= 0.3 is 0 Å². The molecule has 4 aromatic rings. The van der Waals surface area contributed by atoms with Crippen LogP contribution >= 0.6 is 0 Å². The molecule has 1 atom stereocenters. The summed E-state index contributed by atoms with van der Waals surface area (Å²) in [4.78, 5) is 27.6. The maximum atomic E-state index is 4.93. The number of imidazole rings is 2. The molecule has 4 heterocycles. The SMILES string of the molecule is CCn1c(-c2cnc(C)nc2)nc2c(NC3CCc4nc(C)n(C5CC5)c4C3)ncnc21. The summed E-state index contributed by atoms with van der Waals surface area (Å²) < 4.78 is 4.57. The molecule has 2 aliphatic carbocycles. The first-order valence-electron chi connectivity index (χ1n) is 11.5. The van der Waals surface area contributed by atoms with Gasteiger partial charge in [-0.1, -0.05) is 0 Å². The number of rotatable bonds is 5. The number of nitrogens with one attached hydrogen (secondary N) is 1. The lowest BCUT2D eigenvalue weighted by Crippen LogP contribution is -2.29. The third kappa shape index (κ3) is 3.14. The molecule has 4 aromatic heterocycles. The Morgan fingerprint density at radius 1 is 1.03 bits per heavy atom. The summed E-state index contributed by atoms with van der Waals surface area (Å²) in [5, 5.41) is 3.69. The number of fused-ring (bicyclic) bond motifs is 2. The summed E-state index contributed by atoms with van der Waals surface area (Å²) in [6.45, 7) is 6.87. The molecule has 1 unspecified atom stereocenters. The normalized spacial score (nSPS) is 18.2. The quantitative estimate of drug-likeness (QED) is 0.519. The van der Waals surface area contributed by atoms with E-state index in [0.29, 0.717) is 12.1 Å². The van der Waals surface area contributed by atoms with E-state index in [0.717, 1.165) is 65.8 Å². The Morgan fingerprint density at radius 3 is 2.59 bits per heavy atom. The van der Waals surface area contributed by atoms with E-state index in [4.69, 9.17) is 9.97 Å². The van der Waals surface area contributed by atoms with Crippen molar-refractivity contribution in [2.75, 3.05) is 5.32 Å². The molecule has 9 heteroatoms. The van der Waals surface area contributed by atoms with Crippen molar-refractivity contribution in [2.45, 2.75) is 71.5 Å². The second-order valence-corrected chi connectivity index (χ2v) is 8.83. The fraction of sp³-hybridized carbons (Fsp3) is 0.478. The van der Waals surface area contributed by atoms with Gasteiger partial charge in [0.2, 0.25) is 0 Å². The summed E-state index contributed by atoms with van der Waals surface area (Å²) in [5.74, 6) is 3.51. The second kappa shape index (κ2) is 7.36. The zero-order valence-corrected chi connectivity index (χ0v) is 18.7. The van der Waals surface area contributed by atoms with E-state index in [-0.39, 0.29) is 0 Å². The molecule has 1 saturated carbocycles. The average molecular weight is 430 g/mol. The number of aryl methyl sites for hydroxylation is 4. The van der Waals surface area contributed by atoms with E-state index in [2.05, 4.69) is 48.2 Å². The highest BCUT2D eigenvalue weighted by molar-refractivity contribution is 5.86. The summed E-state index contributed by atoms with van der Waals surface area (Å²) in [6.07, 6.45) is 10.8. The summed E-state index contributed by atoms with van der Waals surface area (Å²) in [6, 6.07) is 0.947. The van der Waals surface area contributed by atoms with Gasteiger partial charge in [0.15, 0.2) is 17.0 Å². The molecule has 0 bridgehead atoms. The lowest BCUT2D eigenvalue weighted by molar-refractivity contribution is 0.562. The van der Waals surface area contributed by atoms with Crippen molar-refractivity contribution < 1.29 is 0 Å². The Morgan fingerprint density at radius 2 is 1.84 bits per heavy atom.